The van der Waals surface area contributed by atoms with Gasteiger partial charge >= 0.3 is 0 Å². The predicted octanol–water partition coefficient (Wildman–Crippen LogP) is 4.48. The van der Waals surface area contributed by atoms with Crippen molar-refractivity contribution in [1.82, 2.24) is 0 Å². The Kier molecular flexibility index (Phi) is 2.81. The molecular formula is C16H23N. The number of hydrogen-bond acceptors (Lipinski definition) is 1. The Bertz CT molecular complexity index is 451. The molecule has 0 radical (unpaired) electrons. The highest BCUT2D eigenvalue weighted by atomic mass is 15.2. The van der Waals surface area contributed by atoms with E-state index in [1.165, 1.54) is 22.5 Å². The summed E-state index contributed by atoms with van der Waals surface area (Å²) in [5.74, 6) is 0.442. The standard InChI is InChI=1S/C16H23N/c1-7-17-12(3)15(16(4,5)6)13-10-11(2)8-9-14(13)17/h8-10,15H,3,7H2,1-2,4-6H3. The van der Waals surface area contributed by atoms with Crippen molar-refractivity contribution >= 4 is 5.69 Å². The maximum absolute atomic E-state index is 4.32. The van der Waals surface area contributed by atoms with Gasteiger partial charge in [-0.15, -0.1) is 0 Å². The van der Waals surface area contributed by atoms with Gasteiger partial charge in [-0.3, -0.25) is 0 Å². The molecule has 1 aromatic carbocycles. The van der Waals surface area contributed by atoms with Crippen molar-refractivity contribution in [2.75, 3.05) is 11.4 Å². The van der Waals surface area contributed by atoms with Crippen LogP contribution in [-0.4, -0.2) is 6.54 Å². The van der Waals surface area contributed by atoms with Crippen LogP contribution in [0.15, 0.2) is 30.5 Å². The van der Waals surface area contributed by atoms with E-state index >= 15 is 0 Å². The van der Waals surface area contributed by atoms with E-state index in [1.807, 2.05) is 0 Å². The van der Waals surface area contributed by atoms with Crippen molar-refractivity contribution in [3.8, 4) is 0 Å². The average Bonchev–Trinajstić information content (AvgIpc) is 2.47. The van der Waals surface area contributed by atoms with Crippen LogP contribution in [0.5, 0.6) is 0 Å². The number of hydrogen-bond donors (Lipinski definition) is 0. The molecule has 1 nitrogen and oxygen atoms in total. The summed E-state index contributed by atoms with van der Waals surface area (Å²) in [7, 11) is 0. The van der Waals surface area contributed by atoms with Crippen molar-refractivity contribution in [2.45, 2.75) is 40.5 Å². The van der Waals surface area contributed by atoms with Crippen LogP contribution in [0.4, 0.5) is 5.69 Å². The van der Waals surface area contributed by atoms with Gasteiger partial charge in [-0.1, -0.05) is 45.0 Å². The molecule has 1 atom stereocenters. The van der Waals surface area contributed by atoms with Gasteiger partial charge in [0, 0.05) is 23.8 Å². The first-order chi connectivity index (χ1) is 7.86. The van der Waals surface area contributed by atoms with Gasteiger partial charge in [0.05, 0.1) is 0 Å². The summed E-state index contributed by atoms with van der Waals surface area (Å²) >= 11 is 0. The minimum atomic E-state index is 0.226. The lowest BCUT2D eigenvalue weighted by Gasteiger charge is -2.30. The Morgan fingerprint density at radius 1 is 1.29 bits per heavy atom. The molecule has 0 spiro atoms. The van der Waals surface area contributed by atoms with Crippen molar-refractivity contribution in [3.63, 3.8) is 0 Å². The summed E-state index contributed by atoms with van der Waals surface area (Å²) in [4.78, 5) is 2.35. The van der Waals surface area contributed by atoms with Crippen LogP contribution in [-0.2, 0) is 0 Å². The first-order valence-corrected chi connectivity index (χ1v) is 6.43. The molecule has 0 aromatic heterocycles. The minimum absolute atomic E-state index is 0.226. The second-order valence-corrected chi connectivity index (χ2v) is 6.10. The first-order valence-electron chi connectivity index (χ1n) is 6.43. The number of nitrogens with zero attached hydrogens (tertiary/aromatic N) is 1. The summed E-state index contributed by atoms with van der Waals surface area (Å²) in [5, 5.41) is 0. The predicted molar refractivity (Wildman–Crippen MR) is 75.5 cm³/mol. The molecule has 0 saturated carbocycles. The Labute approximate surface area is 105 Å². The fourth-order valence-corrected chi connectivity index (χ4v) is 2.98. The number of anilines is 1. The summed E-state index contributed by atoms with van der Waals surface area (Å²) in [6.45, 7) is 16.6. The van der Waals surface area contributed by atoms with E-state index in [-0.39, 0.29) is 5.41 Å². The number of allylic oxidation sites excluding steroid dienone is 1. The van der Waals surface area contributed by atoms with Crippen LogP contribution < -0.4 is 4.90 Å². The van der Waals surface area contributed by atoms with Gasteiger partial charge in [0.1, 0.15) is 0 Å². The van der Waals surface area contributed by atoms with E-state index in [1.54, 1.807) is 0 Å². The van der Waals surface area contributed by atoms with Gasteiger partial charge in [-0.25, -0.2) is 0 Å². The molecule has 1 aromatic rings. The number of benzene rings is 1. The molecule has 0 fully saturated rings. The van der Waals surface area contributed by atoms with Gasteiger partial charge in [0.2, 0.25) is 0 Å². The molecule has 0 saturated heterocycles. The molecule has 1 unspecified atom stereocenters. The zero-order chi connectivity index (χ0) is 12.8. The molecule has 1 heteroatoms. The topological polar surface area (TPSA) is 3.24 Å². The summed E-state index contributed by atoms with van der Waals surface area (Å²) in [6.07, 6.45) is 0. The zero-order valence-electron chi connectivity index (χ0n) is 11.7. The van der Waals surface area contributed by atoms with E-state index in [4.69, 9.17) is 0 Å². The third-order valence-corrected chi connectivity index (χ3v) is 3.65. The van der Waals surface area contributed by atoms with Gasteiger partial charge in [0.25, 0.3) is 0 Å². The van der Waals surface area contributed by atoms with Gasteiger partial charge in [-0.05, 0) is 30.9 Å². The fourth-order valence-electron chi connectivity index (χ4n) is 2.98. The lowest BCUT2D eigenvalue weighted by molar-refractivity contribution is 0.359. The van der Waals surface area contributed by atoms with Crippen LogP contribution in [0.2, 0.25) is 0 Å². The van der Waals surface area contributed by atoms with Crippen LogP contribution in [0.25, 0.3) is 0 Å². The van der Waals surface area contributed by atoms with Crippen molar-refractivity contribution in [3.05, 3.63) is 41.6 Å². The molecule has 0 N–H and O–H groups in total. The largest absolute Gasteiger partial charge is 0.345 e. The lowest BCUT2D eigenvalue weighted by Crippen LogP contribution is -2.23. The summed E-state index contributed by atoms with van der Waals surface area (Å²) < 4.78 is 0. The highest BCUT2D eigenvalue weighted by Crippen LogP contribution is 2.51. The number of rotatable bonds is 1. The van der Waals surface area contributed by atoms with Crippen molar-refractivity contribution < 1.29 is 0 Å². The van der Waals surface area contributed by atoms with Crippen molar-refractivity contribution in [2.24, 2.45) is 5.41 Å². The molecule has 1 aliphatic heterocycles. The lowest BCUT2D eigenvalue weighted by atomic mass is 9.76. The second kappa shape index (κ2) is 3.90. The summed E-state index contributed by atoms with van der Waals surface area (Å²) in [5.41, 5.74) is 5.61. The van der Waals surface area contributed by atoms with E-state index < -0.39 is 0 Å². The molecule has 0 bridgehead atoms. The van der Waals surface area contributed by atoms with Crippen LogP contribution in [0.3, 0.4) is 0 Å². The van der Waals surface area contributed by atoms with Crippen LogP contribution in [0.1, 0.15) is 44.7 Å². The Morgan fingerprint density at radius 2 is 1.94 bits per heavy atom. The molecule has 0 aliphatic carbocycles. The van der Waals surface area contributed by atoms with Crippen molar-refractivity contribution in [1.29, 1.82) is 0 Å². The van der Waals surface area contributed by atoms with Gasteiger partial charge < -0.3 is 4.90 Å². The highest BCUT2D eigenvalue weighted by molar-refractivity contribution is 5.68. The van der Waals surface area contributed by atoms with Crippen LogP contribution in [0, 0.1) is 12.3 Å². The molecular weight excluding hydrogens is 206 g/mol. The van der Waals surface area contributed by atoms with Crippen LogP contribution >= 0.6 is 0 Å². The fraction of sp³-hybridized carbons (Fsp3) is 0.500. The molecule has 92 valence electrons. The first kappa shape index (κ1) is 12.2. The monoisotopic (exact) mass is 229 g/mol. The van der Waals surface area contributed by atoms with E-state index in [2.05, 4.69) is 64.3 Å². The quantitative estimate of drug-likeness (QED) is 0.686. The number of aryl methyl sites for hydroxylation is 1. The third kappa shape index (κ3) is 1.88. The second-order valence-electron chi connectivity index (χ2n) is 6.10. The molecule has 0 amide bonds. The highest BCUT2D eigenvalue weighted by Gasteiger charge is 2.38. The van der Waals surface area contributed by atoms with E-state index in [0.717, 1.165) is 6.54 Å². The maximum Gasteiger partial charge on any atom is 0.0447 e. The smallest absolute Gasteiger partial charge is 0.0447 e. The number of likely N-dealkylation sites (N-methyl/N-ethyl adjacent to an activating group) is 1. The molecule has 1 aliphatic rings. The summed E-state index contributed by atoms with van der Waals surface area (Å²) in [6, 6.07) is 6.76. The van der Waals surface area contributed by atoms with E-state index in [0.29, 0.717) is 5.92 Å². The zero-order valence-corrected chi connectivity index (χ0v) is 11.7. The van der Waals surface area contributed by atoms with E-state index in [9.17, 15) is 0 Å². The third-order valence-electron chi connectivity index (χ3n) is 3.65. The SMILES string of the molecule is C=C1C(C(C)(C)C)c2cc(C)ccc2N1CC. The maximum atomic E-state index is 4.32. The van der Waals surface area contributed by atoms with Gasteiger partial charge in [-0.2, -0.15) is 0 Å². The van der Waals surface area contributed by atoms with Gasteiger partial charge in [0.15, 0.2) is 0 Å². The molecule has 1 heterocycles. The average molecular weight is 229 g/mol. The number of fused-ring (bicyclic) bond motifs is 1. The normalized spacial score (nSPS) is 19.7. The Morgan fingerprint density at radius 3 is 2.47 bits per heavy atom. The molecule has 2 rings (SSSR count). The Balaban J connectivity index is 2.59. The molecule has 17 heavy (non-hydrogen) atoms. The minimum Gasteiger partial charge on any atom is -0.345 e. The Hall–Kier alpha value is -1.24.